The van der Waals surface area contributed by atoms with Crippen molar-refractivity contribution in [2.75, 3.05) is 0 Å². The molecule has 0 atom stereocenters. The van der Waals surface area contributed by atoms with Gasteiger partial charge in [-0.1, -0.05) is 104 Å². The van der Waals surface area contributed by atoms with Gasteiger partial charge < -0.3 is 4.74 Å². The monoisotopic (exact) mass is 384 g/mol. The van der Waals surface area contributed by atoms with Gasteiger partial charge in [0.05, 0.1) is 5.41 Å². The van der Waals surface area contributed by atoms with Gasteiger partial charge in [0.25, 0.3) is 0 Å². The van der Waals surface area contributed by atoms with Gasteiger partial charge in [0.15, 0.2) is 0 Å². The fourth-order valence-corrected chi connectivity index (χ4v) is 2.35. The lowest BCUT2D eigenvalue weighted by atomic mass is 9.86. The molecule has 0 aromatic heterocycles. The maximum atomic E-state index is 11.3. The summed E-state index contributed by atoms with van der Waals surface area (Å²) in [5, 5.41) is 0. The minimum absolute atomic E-state index is 0. The summed E-state index contributed by atoms with van der Waals surface area (Å²) in [6.45, 7) is 19.2. The molecule has 1 aliphatic heterocycles. The van der Waals surface area contributed by atoms with Crippen molar-refractivity contribution in [1.29, 1.82) is 0 Å². The summed E-state index contributed by atoms with van der Waals surface area (Å²) in [6, 6.07) is 18.1. The molecule has 0 amide bonds. The molecule has 0 spiro atoms. The normalized spacial score (nSPS) is 14.2. The highest BCUT2D eigenvalue weighted by Gasteiger charge is 2.40. The van der Waals surface area contributed by atoms with E-state index in [-0.39, 0.29) is 13.4 Å². The molecule has 156 valence electrons. The quantitative estimate of drug-likeness (QED) is 0.346. The Bertz CT molecular complexity index is 723. The molecule has 0 bridgehead atoms. The lowest BCUT2D eigenvalue weighted by Crippen LogP contribution is -2.25. The van der Waals surface area contributed by atoms with E-state index in [1.165, 1.54) is 5.56 Å². The van der Waals surface area contributed by atoms with Crippen LogP contribution in [0.3, 0.4) is 0 Å². The van der Waals surface area contributed by atoms with Crippen molar-refractivity contribution in [3.8, 4) is 5.75 Å². The first-order valence-electron chi connectivity index (χ1n) is 9.60. The number of para-hydroxylation sites is 1. The zero-order valence-corrected chi connectivity index (χ0v) is 18.5. The van der Waals surface area contributed by atoms with E-state index in [2.05, 4.69) is 78.8 Å². The Morgan fingerprint density at radius 3 is 1.57 bits per heavy atom. The van der Waals surface area contributed by atoms with Crippen molar-refractivity contribution in [2.24, 2.45) is 5.41 Å². The number of rotatable bonds is 0. The topological polar surface area (TPSA) is 26.3 Å². The highest BCUT2D eigenvalue weighted by atomic mass is 16.5. The van der Waals surface area contributed by atoms with Gasteiger partial charge >= 0.3 is 5.97 Å². The second kappa shape index (κ2) is 9.91. The van der Waals surface area contributed by atoms with Crippen LogP contribution in [0.2, 0.25) is 0 Å². The molecule has 2 aromatic rings. The molecular weight excluding hydrogens is 344 g/mol. The van der Waals surface area contributed by atoms with Crippen LogP contribution in [0.4, 0.5) is 0 Å². The number of ether oxygens (including phenoxy) is 1. The lowest BCUT2D eigenvalue weighted by Gasteiger charge is -2.18. The third kappa shape index (κ3) is 8.29. The van der Waals surface area contributed by atoms with Gasteiger partial charge in [-0.2, -0.15) is 0 Å². The SMILES string of the molecule is C.CC(C)(C)C.CC(C)(C)c1ccccc1.CC1(C)C(=O)Oc2ccccc21. The van der Waals surface area contributed by atoms with E-state index in [0.717, 1.165) is 5.56 Å². The Balaban J connectivity index is 0.000000416. The summed E-state index contributed by atoms with van der Waals surface area (Å²) < 4.78 is 5.08. The predicted molar refractivity (Wildman–Crippen MR) is 122 cm³/mol. The summed E-state index contributed by atoms with van der Waals surface area (Å²) in [4.78, 5) is 11.3. The van der Waals surface area contributed by atoms with Crippen LogP contribution >= 0.6 is 0 Å². The van der Waals surface area contributed by atoms with Crippen molar-refractivity contribution < 1.29 is 9.53 Å². The molecule has 2 nitrogen and oxygen atoms in total. The number of hydrogen-bond donors (Lipinski definition) is 0. The average molecular weight is 385 g/mol. The first-order valence-corrected chi connectivity index (χ1v) is 9.60. The van der Waals surface area contributed by atoms with Crippen LogP contribution < -0.4 is 4.74 Å². The molecule has 0 N–H and O–H groups in total. The number of hydrogen-bond acceptors (Lipinski definition) is 2. The van der Waals surface area contributed by atoms with Gasteiger partial charge in [-0.05, 0) is 36.3 Å². The fraction of sp³-hybridized carbons (Fsp3) is 0.500. The average Bonchev–Trinajstić information content (AvgIpc) is 2.77. The largest absolute Gasteiger partial charge is 0.426 e. The van der Waals surface area contributed by atoms with Crippen molar-refractivity contribution in [3.63, 3.8) is 0 Å². The van der Waals surface area contributed by atoms with E-state index in [0.29, 0.717) is 16.6 Å². The summed E-state index contributed by atoms with van der Waals surface area (Å²) >= 11 is 0. The van der Waals surface area contributed by atoms with Gasteiger partial charge in [-0.25, -0.2) is 0 Å². The minimum atomic E-state index is -0.476. The molecule has 1 aliphatic rings. The molecule has 0 fully saturated rings. The Kier molecular flexibility index (Phi) is 9.17. The molecular formula is C26H40O2. The van der Waals surface area contributed by atoms with E-state index < -0.39 is 5.41 Å². The zero-order valence-electron chi connectivity index (χ0n) is 18.5. The predicted octanol–water partition coefficient (Wildman–Crippen LogP) is 7.56. The third-order valence-corrected chi connectivity index (χ3v) is 3.91. The first kappa shape index (κ1) is 25.9. The van der Waals surface area contributed by atoms with Crippen LogP contribution in [-0.2, 0) is 15.6 Å². The molecule has 0 unspecified atom stereocenters. The molecule has 0 aliphatic carbocycles. The molecule has 1 heterocycles. The van der Waals surface area contributed by atoms with E-state index in [1.807, 2.05) is 38.1 Å². The van der Waals surface area contributed by atoms with E-state index in [1.54, 1.807) is 0 Å². The summed E-state index contributed by atoms with van der Waals surface area (Å²) in [5.74, 6) is 0.538. The molecule has 28 heavy (non-hydrogen) atoms. The van der Waals surface area contributed by atoms with Crippen LogP contribution in [-0.4, -0.2) is 5.97 Å². The van der Waals surface area contributed by atoms with Crippen molar-refractivity contribution in [3.05, 3.63) is 65.7 Å². The van der Waals surface area contributed by atoms with E-state index >= 15 is 0 Å². The van der Waals surface area contributed by atoms with Gasteiger partial charge in [-0.15, -0.1) is 0 Å². The van der Waals surface area contributed by atoms with Crippen molar-refractivity contribution >= 4 is 5.97 Å². The molecule has 0 radical (unpaired) electrons. The zero-order chi connectivity index (χ0) is 20.9. The number of carbonyl (C=O) groups is 1. The number of carbonyl (C=O) groups excluding carboxylic acids is 1. The summed E-state index contributed by atoms with van der Waals surface area (Å²) in [7, 11) is 0. The van der Waals surface area contributed by atoms with Gasteiger partial charge in [0.1, 0.15) is 5.75 Å². The highest BCUT2D eigenvalue weighted by molar-refractivity contribution is 5.89. The summed E-state index contributed by atoms with van der Waals surface area (Å²) in [6.07, 6.45) is 0. The van der Waals surface area contributed by atoms with E-state index in [4.69, 9.17) is 4.74 Å². The van der Waals surface area contributed by atoms with Crippen LogP contribution in [0, 0.1) is 5.41 Å². The maximum absolute atomic E-state index is 11.3. The smallest absolute Gasteiger partial charge is 0.321 e. The second-order valence-electron chi connectivity index (χ2n) is 10.1. The third-order valence-electron chi connectivity index (χ3n) is 3.91. The standard InChI is InChI=1S/C10H10O2.C10H14.C5H12.CH4/c1-10(2)7-5-3-4-6-8(7)12-9(10)11;1-10(2,3)9-7-5-4-6-8-9;1-5(2,3)4;/h3-6H,1-2H3;4-8H,1-3H3;1-4H3;1H4. The Hall–Kier alpha value is -2.09. The molecule has 0 saturated carbocycles. The minimum Gasteiger partial charge on any atom is -0.426 e. The summed E-state index contributed by atoms with van der Waals surface area (Å²) in [5.41, 5.74) is 2.70. The van der Waals surface area contributed by atoms with Crippen LogP contribution in [0.1, 0.15) is 80.9 Å². The Labute approximate surface area is 173 Å². The van der Waals surface area contributed by atoms with Crippen LogP contribution in [0.25, 0.3) is 0 Å². The Morgan fingerprint density at radius 2 is 1.18 bits per heavy atom. The fourth-order valence-electron chi connectivity index (χ4n) is 2.35. The lowest BCUT2D eigenvalue weighted by molar-refractivity contribution is -0.137. The van der Waals surface area contributed by atoms with Crippen molar-refractivity contribution in [1.82, 2.24) is 0 Å². The highest BCUT2D eigenvalue weighted by Crippen LogP contribution is 2.38. The number of benzene rings is 2. The van der Waals surface area contributed by atoms with Gasteiger partial charge in [0.2, 0.25) is 0 Å². The van der Waals surface area contributed by atoms with Gasteiger partial charge in [-0.3, -0.25) is 4.79 Å². The first-order chi connectivity index (χ1) is 12.2. The number of esters is 1. The maximum Gasteiger partial charge on any atom is 0.321 e. The van der Waals surface area contributed by atoms with Crippen LogP contribution in [0.15, 0.2) is 54.6 Å². The Morgan fingerprint density at radius 1 is 0.750 bits per heavy atom. The van der Waals surface area contributed by atoms with Gasteiger partial charge in [0, 0.05) is 5.56 Å². The van der Waals surface area contributed by atoms with Crippen LogP contribution in [0.5, 0.6) is 5.75 Å². The molecule has 2 aromatic carbocycles. The van der Waals surface area contributed by atoms with Crippen molar-refractivity contribution in [2.45, 2.75) is 80.6 Å². The second-order valence-corrected chi connectivity index (χ2v) is 10.1. The molecule has 0 saturated heterocycles. The number of fused-ring (bicyclic) bond motifs is 1. The molecule has 3 rings (SSSR count). The molecule has 2 heteroatoms. The van der Waals surface area contributed by atoms with E-state index in [9.17, 15) is 4.79 Å².